The molecule has 2 fully saturated rings. The normalized spacial score (nSPS) is 53.1. The highest BCUT2D eigenvalue weighted by atomic mass is 15.1. The average molecular weight is 150 g/mol. The van der Waals surface area contributed by atoms with Gasteiger partial charge >= 0.3 is 0 Å². The van der Waals surface area contributed by atoms with Crippen LogP contribution in [-0.4, -0.2) is 23.8 Å². The molecule has 1 spiro atoms. The molecule has 3 rings (SSSR count). The van der Waals surface area contributed by atoms with Gasteiger partial charge in [-0.2, -0.15) is 0 Å². The standard InChI is InChI=1S/C9H14N2/c1-2-7-4-9(6-10-9)5-8(3-1)11-7/h6-8,11H,1-5H2. The predicted octanol–water partition coefficient (Wildman–Crippen LogP) is 1.11. The van der Waals surface area contributed by atoms with E-state index in [9.17, 15) is 0 Å². The minimum Gasteiger partial charge on any atom is -0.311 e. The van der Waals surface area contributed by atoms with Crippen LogP contribution in [0.25, 0.3) is 0 Å². The largest absolute Gasteiger partial charge is 0.311 e. The lowest BCUT2D eigenvalue weighted by Gasteiger charge is -2.39. The zero-order valence-corrected chi connectivity index (χ0v) is 6.71. The number of nitrogens with one attached hydrogen (secondary N) is 1. The predicted molar refractivity (Wildman–Crippen MR) is 45.0 cm³/mol. The van der Waals surface area contributed by atoms with Gasteiger partial charge < -0.3 is 5.32 Å². The molecule has 3 heterocycles. The molecule has 3 aliphatic heterocycles. The number of hydrogen-bond donors (Lipinski definition) is 1. The molecular formula is C9H14N2. The summed E-state index contributed by atoms with van der Waals surface area (Å²) in [5, 5.41) is 3.67. The Labute approximate surface area is 67.1 Å². The Balaban J connectivity index is 1.79. The Bertz CT molecular complexity index is 190. The lowest BCUT2D eigenvalue weighted by Crippen LogP contribution is -2.52. The van der Waals surface area contributed by atoms with Crippen LogP contribution in [-0.2, 0) is 0 Å². The van der Waals surface area contributed by atoms with Gasteiger partial charge in [-0.15, -0.1) is 0 Å². The topological polar surface area (TPSA) is 24.4 Å². The van der Waals surface area contributed by atoms with Crippen LogP contribution >= 0.6 is 0 Å². The van der Waals surface area contributed by atoms with E-state index in [1.807, 2.05) is 0 Å². The number of rotatable bonds is 0. The molecule has 0 radical (unpaired) electrons. The second kappa shape index (κ2) is 1.86. The van der Waals surface area contributed by atoms with Gasteiger partial charge in [-0.3, -0.25) is 4.99 Å². The maximum Gasteiger partial charge on any atom is 0.0979 e. The maximum absolute atomic E-state index is 4.41. The van der Waals surface area contributed by atoms with E-state index in [4.69, 9.17) is 0 Å². The highest BCUT2D eigenvalue weighted by molar-refractivity contribution is 5.84. The maximum atomic E-state index is 4.41. The summed E-state index contributed by atoms with van der Waals surface area (Å²) in [7, 11) is 0. The lowest BCUT2D eigenvalue weighted by atomic mass is 9.79. The molecule has 1 N–H and O–H groups in total. The average Bonchev–Trinajstić information content (AvgIpc) is 2.68. The highest BCUT2D eigenvalue weighted by Gasteiger charge is 2.46. The number of nitrogens with zero attached hydrogens (tertiary/aromatic N) is 1. The lowest BCUT2D eigenvalue weighted by molar-refractivity contribution is 0.216. The van der Waals surface area contributed by atoms with Gasteiger partial charge in [0.25, 0.3) is 0 Å². The van der Waals surface area contributed by atoms with E-state index in [1.54, 1.807) is 0 Å². The summed E-state index contributed by atoms with van der Waals surface area (Å²) in [6.07, 6.45) is 8.91. The Kier molecular flexibility index (Phi) is 1.05. The van der Waals surface area contributed by atoms with E-state index in [2.05, 4.69) is 16.5 Å². The Morgan fingerprint density at radius 3 is 2.45 bits per heavy atom. The third-order valence-corrected chi connectivity index (χ3v) is 3.27. The fourth-order valence-corrected chi connectivity index (χ4v) is 2.67. The zero-order valence-electron chi connectivity index (χ0n) is 6.71. The first kappa shape index (κ1) is 6.18. The molecule has 60 valence electrons. The van der Waals surface area contributed by atoms with E-state index >= 15 is 0 Å². The third kappa shape index (κ3) is 0.924. The highest BCUT2D eigenvalue weighted by Crippen LogP contribution is 2.39. The minimum absolute atomic E-state index is 0.362. The summed E-state index contributed by atoms with van der Waals surface area (Å²) in [5.74, 6) is 0. The molecule has 3 aliphatic rings. The summed E-state index contributed by atoms with van der Waals surface area (Å²) in [5.41, 5.74) is 0.362. The first-order chi connectivity index (χ1) is 5.36. The fourth-order valence-electron chi connectivity index (χ4n) is 2.67. The van der Waals surface area contributed by atoms with Crippen LogP contribution in [0.4, 0.5) is 0 Å². The van der Waals surface area contributed by atoms with Crippen molar-refractivity contribution in [2.75, 3.05) is 0 Å². The van der Waals surface area contributed by atoms with Gasteiger partial charge in [-0.25, -0.2) is 0 Å². The van der Waals surface area contributed by atoms with Crippen molar-refractivity contribution in [3.63, 3.8) is 0 Å². The molecular weight excluding hydrogens is 136 g/mol. The van der Waals surface area contributed by atoms with Gasteiger partial charge in [0.2, 0.25) is 0 Å². The van der Waals surface area contributed by atoms with Crippen molar-refractivity contribution in [3.8, 4) is 0 Å². The van der Waals surface area contributed by atoms with Crippen molar-refractivity contribution >= 4 is 6.21 Å². The van der Waals surface area contributed by atoms with Crippen LogP contribution in [0.5, 0.6) is 0 Å². The number of piperidine rings is 2. The van der Waals surface area contributed by atoms with Crippen molar-refractivity contribution in [1.82, 2.24) is 5.32 Å². The van der Waals surface area contributed by atoms with Crippen LogP contribution < -0.4 is 5.32 Å². The van der Waals surface area contributed by atoms with Gasteiger partial charge in [0.1, 0.15) is 0 Å². The molecule has 0 aromatic carbocycles. The molecule has 0 aromatic heterocycles. The van der Waals surface area contributed by atoms with Gasteiger partial charge in [0.05, 0.1) is 5.54 Å². The molecule has 0 amide bonds. The molecule has 2 nitrogen and oxygen atoms in total. The van der Waals surface area contributed by atoms with E-state index in [0.717, 1.165) is 12.1 Å². The smallest absolute Gasteiger partial charge is 0.0979 e. The van der Waals surface area contributed by atoms with E-state index in [-0.39, 0.29) is 0 Å². The second-order valence-electron chi connectivity index (χ2n) is 4.26. The van der Waals surface area contributed by atoms with Gasteiger partial charge in [-0.05, 0) is 25.7 Å². The summed E-state index contributed by atoms with van der Waals surface area (Å²) < 4.78 is 0. The molecule has 2 unspecified atom stereocenters. The summed E-state index contributed by atoms with van der Waals surface area (Å²) >= 11 is 0. The van der Waals surface area contributed by atoms with Crippen LogP contribution in [0.1, 0.15) is 32.1 Å². The SMILES string of the molecule is C1=NC12CC1CCCC(C2)N1. The number of hydrogen-bond acceptors (Lipinski definition) is 2. The van der Waals surface area contributed by atoms with Gasteiger partial charge in [-0.1, -0.05) is 6.42 Å². The van der Waals surface area contributed by atoms with E-state index in [0.29, 0.717) is 5.54 Å². The Hall–Kier alpha value is -0.370. The molecule has 0 aromatic rings. The van der Waals surface area contributed by atoms with Crippen molar-refractivity contribution in [2.45, 2.75) is 49.7 Å². The second-order valence-corrected chi connectivity index (χ2v) is 4.26. The van der Waals surface area contributed by atoms with E-state index < -0.39 is 0 Å². The van der Waals surface area contributed by atoms with Crippen molar-refractivity contribution in [3.05, 3.63) is 0 Å². The first-order valence-electron chi connectivity index (χ1n) is 4.69. The summed E-state index contributed by atoms with van der Waals surface area (Å²) in [4.78, 5) is 4.41. The van der Waals surface area contributed by atoms with Crippen molar-refractivity contribution in [2.24, 2.45) is 4.99 Å². The number of aliphatic imine (C=N–C) groups is 1. The summed E-state index contributed by atoms with van der Waals surface area (Å²) in [6.45, 7) is 0. The monoisotopic (exact) mass is 150 g/mol. The van der Waals surface area contributed by atoms with Crippen molar-refractivity contribution < 1.29 is 0 Å². The number of fused-ring (bicyclic) bond motifs is 2. The minimum atomic E-state index is 0.362. The van der Waals surface area contributed by atoms with Gasteiger partial charge in [0, 0.05) is 18.3 Å². The quantitative estimate of drug-likeness (QED) is 0.549. The fraction of sp³-hybridized carbons (Fsp3) is 0.889. The van der Waals surface area contributed by atoms with Crippen LogP contribution in [0.2, 0.25) is 0 Å². The van der Waals surface area contributed by atoms with Crippen molar-refractivity contribution in [1.29, 1.82) is 0 Å². The Morgan fingerprint density at radius 2 is 1.91 bits per heavy atom. The molecule has 11 heavy (non-hydrogen) atoms. The van der Waals surface area contributed by atoms with Crippen LogP contribution in [0.3, 0.4) is 0 Å². The summed E-state index contributed by atoms with van der Waals surface area (Å²) in [6, 6.07) is 1.56. The van der Waals surface area contributed by atoms with E-state index in [1.165, 1.54) is 32.1 Å². The van der Waals surface area contributed by atoms with Crippen LogP contribution in [0.15, 0.2) is 4.99 Å². The first-order valence-corrected chi connectivity index (χ1v) is 4.69. The molecule has 0 saturated carbocycles. The third-order valence-electron chi connectivity index (χ3n) is 3.27. The zero-order chi connectivity index (χ0) is 7.31. The molecule has 2 heteroatoms. The van der Waals surface area contributed by atoms with Gasteiger partial charge in [0.15, 0.2) is 0 Å². The molecule has 2 atom stereocenters. The molecule has 0 aliphatic carbocycles. The molecule has 2 saturated heterocycles. The molecule has 2 bridgehead atoms. The van der Waals surface area contributed by atoms with Crippen LogP contribution in [0, 0.1) is 0 Å². The Morgan fingerprint density at radius 1 is 1.27 bits per heavy atom.